The molecule has 69 heavy (non-hydrogen) atoms. The van der Waals surface area contributed by atoms with E-state index in [2.05, 4.69) is 62.2 Å². The van der Waals surface area contributed by atoms with Crippen molar-refractivity contribution >= 4 is 35.4 Å². The fraction of sp³-hybridized carbons (Fsp3) is 0.556. The Balaban J connectivity index is 1.11. The minimum atomic E-state index is -0.895. The van der Waals surface area contributed by atoms with E-state index in [1.807, 2.05) is 57.2 Å². The van der Waals surface area contributed by atoms with Gasteiger partial charge in [0.1, 0.15) is 24.2 Å². The summed E-state index contributed by atoms with van der Waals surface area (Å²) in [7, 11) is 3.36. The molecule has 0 bridgehead atoms. The van der Waals surface area contributed by atoms with Crippen molar-refractivity contribution in [3.05, 3.63) is 106 Å². The molecule has 5 aliphatic rings. The zero-order chi connectivity index (χ0) is 48.8. The second-order valence-electron chi connectivity index (χ2n) is 20.9. The van der Waals surface area contributed by atoms with E-state index in [4.69, 9.17) is 4.74 Å². The van der Waals surface area contributed by atoms with Crippen molar-refractivity contribution in [2.24, 2.45) is 11.3 Å². The third-order valence-corrected chi connectivity index (χ3v) is 15.1. The molecule has 0 radical (unpaired) electrons. The highest BCUT2D eigenvalue weighted by molar-refractivity contribution is 5.95. The third kappa shape index (κ3) is 11.4. The van der Waals surface area contributed by atoms with Crippen LogP contribution >= 0.6 is 0 Å². The normalized spacial score (nSPS) is 23.3. The van der Waals surface area contributed by atoms with Crippen LogP contribution in [0.5, 0.6) is 0 Å². The minimum absolute atomic E-state index is 0.0386. The van der Waals surface area contributed by atoms with Gasteiger partial charge in [-0.15, -0.1) is 0 Å². The Labute approximate surface area is 407 Å². The molecule has 15 nitrogen and oxygen atoms in total. The van der Waals surface area contributed by atoms with Gasteiger partial charge in [-0.2, -0.15) is 0 Å². The molecule has 8 rings (SSSR count). The molecule has 6 N–H and O–H groups in total. The highest BCUT2D eigenvalue weighted by atomic mass is 16.5. The van der Waals surface area contributed by atoms with Crippen molar-refractivity contribution in [2.45, 2.75) is 134 Å². The molecule has 3 aliphatic heterocycles. The molecule has 6 amide bonds. The van der Waals surface area contributed by atoms with Crippen molar-refractivity contribution in [3.8, 4) is 0 Å². The van der Waals surface area contributed by atoms with Crippen LogP contribution in [-0.2, 0) is 59.3 Å². The average Bonchev–Trinajstić information content (AvgIpc) is 3.80. The molecule has 0 saturated carbocycles. The smallest absolute Gasteiger partial charge is 0.246 e. The largest absolute Gasteiger partial charge is 0.381 e. The fourth-order valence-corrected chi connectivity index (χ4v) is 11.4. The number of nitrogens with one attached hydrogen (secondary N) is 6. The van der Waals surface area contributed by atoms with E-state index in [1.54, 1.807) is 23.9 Å². The highest BCUT2D eigenvalue weighted by Gasteiger charge is 2.47. The zero-order valence-electron chi connectivity index (χ0n) is 41.0. The lowest BCUT2D eigenvalue weighted by atomic mass is 9.85. The van der Waals surface area contributed by atoms with E-state index >= 15 is 4.79 Å². The molecule has 0 aromatic heterocycles. The van der Waals surface area contributed by atoms with Crippen LogP contribution in [0.25, 0.3) is 0 Å². The first-order chi connectivity index (χ1) is 33.2. The van der Waals surface area contributed by atoms with E-state index in [0.717, 1.165) is 66.3 Å². The number of hydrogen-bond acceptors (Lipinski definition) is 9. The topological polar surface area (TPSA) is 190 Å². The van der Waals surface area contributed by atoms with Crippen LogP contribution in [-0.4, -0.2) is 116 Å². The average molecular weight is 945 g/mol. The first-order valence-electron chi connectivity index (χ1n) is 25.2. The first-order valence-corrected chi connectivity index (χ1v) is 25.2. The van der Waals surface area contributed by atoms with E-state index in [-0.39, 0.29) is 92.0 Å². The van der Waals surface area contributed by atoms with Crippen LogP contribution in [0.4, 0.5) is 0 Å². The van der Waals surface area contributed by atoms with Crippen molar-refractivity contribution < 1.29 is 33.5 Å². The van der Waals surface area contributed by atoms with E-state index in [1.165, 1.54) is 11.1 Å². The number of likely N-dealkylation sites (N-methyl/N-ethyl adjacent to an activating group) is 2. The van der Waals surface area contributed by atoms with Gasteiger partial charge in [-0.05, 0) is 122 Å². The van der Waals surface area contributed by atoms with Crippen molar-refractivity contribution in [1.82, 2.24) is 41.7 Å². The van der Waals surface area contributed by atoms with Gasteiger partial charge in [0.2, 0.25) is 35.4 Å². The Morgan fingerprint density at radius 3 is 1.84 bits per heavy atom. The number of ether oxygens (including phenoxy) is 1. The highest BCUT2D eigenvalue weighted by Crippen LogP contribution is 2.39. The predicted molar refractivity (Wildman–Crippen MR) is 263 cm³/mol. The molecule has 370 valence electrons. The van der Waals surface area contributed by atoms with Crippen LogP contribution in [0.1, 0.15) is 123 Å². The number of aryl methyl sites for hydroxylation is 2. The SMILES string of the molecule is CNCC(=O)NC(C(=O)N1Cc2cc(C3C[C@@H](C(=O)NC4CCCc5ccccc54)N(C(=O)C(NC(=O)CNC)C(C)(C)C)C3)ccc2C[C@H]1C(=O)NC1CCCc2ccccc21)C1CCOCC1. The number of carbonyl (C=O) groups excluding carboxylic acids is 6. The molecule has 2 saturated heterocycles. The van der Waals surface area contributed by atoms with Gasteiger partial charge >= 0.3 is 0 Å². The van der Waals surface area contributed by atoms with Crippen LogP contribution < -0.4 is 31.9 Å². The third-order valence-electron chi connectivity index (χ3n) is 15.1. The fourth-order valence-electron chi connectivity index (χ4n) is 11.4. The van der Waals surface area contributed by atoms with Crippen LogP contribution in [0.2, 0.25) is 0 Å². The van der Waals surface area contributed by atoms with Gasteiger partial charge in [-0.1, -0.05) is 87.5 Å². The number of fused-ring (bicyclic) bond motifs is 3. The number of nitrogens with zero attached hydrogens (tertiary/aromatic N) is 2. The summed E-state index contributed by atoms with van der Waals surface area (Å²) in [6.07, 6.45) is 7.16. The molecule has 2 aliphatic carbocycles. The maximum atomic E-state index is 15.2. The lowest BCUT2D eigenvalue weighted by Crippen LogP contribution is -2.60. The lowest BCUT2D eigenvalue weighted by Gasteiger charge is -2.41. The van der Waals surface area contributed by atoms with E-state index in [0.29, 0.717) is 32.5 Å². The van der Waals surface area contributed by atoms with Crippen LogP contribution in [0.3, 0.4) is 0 Å². The molecule has 3 aromatic carbocycles. The van der Waals surface area contributed by atoms with Crippen LogP contribution in [0, 0.1) is 11.3 Å². The summed E-state index contributed by atoms with van der Waals surface area (Å²) in [5, 5.41) is 18.4. The van der Waals surface area contributed by atoms with E-state index < -0.39 is 29.6 Å². The maximum Gasteiger partial charge on any atom is 0.246 e. The monoisotopic (exact) mass is 945 g/mol. The summed E-state index contributed by atoms with van der Waals surface area (Å²) in [6, 6.07) is 18.8. The minimum Gasteiger partial charge on any atom is -0.381 e. The molecule has 0 spiro atoms. The summed E-state index contributed by atoms with van der Waals surface area (Å²) in [4.78, 5) is 89.0. The van der Waals surface area contributed by atoms with E-state index in [9.17, 15) is 24.0 Å². The van der Waals surface area contributed by atoms with Crippen molar-refractivity contribution in [1.29, 1.82) is 0 Å². The summed E-state index contributed by atoms with van der Waals surface area (Å²) < 4.78 is 5.68. The van der Waals surface area contributed by atoms with Gasteiger partial charge in [0.15, 0.2) is 0 Å². The standard InChI is InChI=1S/C54H72N8O7/c1-54(2,3)49(60-47(64)30-56-5)53(68)62-32-39(28-45(62)51(66)58-43-19-11-15-34-13-7-9-17-41(34)43)36-20-21-37-27-44(50(65)57-42-18-10-14-33-12-6-8-16-40(33)42)61(31-38(37)26-36)52(67)48(59-46(63)29-55-4)35-22-24-69-25-23-35/h6-9,12-13,16-17,20-21,26,35,39,42-45,48-49,55-56H,10-11,14-15,18-19,22-25,27-32H2,1-5H3,(H,57,65)(H,58,66)(H,59,63)(H,60,64)/t39?,42?,43?,44-,45-,48?,49?/m0/s1. The van der Waals surface area contributed by atoms with Crippen molar-refractivity contribution in [3.63, 3.8) is 0 Å². The molecule has 2 fully saturated rings. The van der Waals surface area contributed by atoms with Gasteiger partial charge in [0, 0.05) is 38.6 Å². The van der Waals surface area contributed by atoms with Crippen LogP contribution in [0.15, 0.2) is 66.7 Å². The quantitative estimate of drug-likeness (QED) is 0.139. The molecular formula is C54H72N8O7. The maximum absolute atomic E-state index is 15.2. The first kappa shape index (κ1) is 49.8. The van der Waals surface area contributed by atoms with Crippen molar-refractivity contribution in [2.75, 3.05) is 46.9 Å². The Kier molecular flexibility index (Phi) is 15.9. The second-order valence-corrected chi connectivity index (χ2v) is 20.9. The summed E-state index contributed by atoms with van der Waals surface area (Å²) in [5.41, 5.74) is 6.68. The number of carbonyl (C=O) groups is 6. The van der Waals surface area contributed by atoms with Gasteiger partial charge < -0.3 is 46.4 Å². The molecule has 3 heterocycles. The lowest BCUT2D eigenvalue weighted by molar-refractivity contribution is -0.147. The van der Waals surface area contributed by atoms with Gasteiger partial charge in [-0.3, -0.25) is 28.8 Å². The molecule has 3 aromatic rings. The number of hydrogen-bond donors (Lipinski definition) is 6. The summed E-state index contributed by atoms with van der Waals surface area (Å²) in [5.74, 6) is -2.14. The zero-order valence-corrected chi connectivity index (χ0v) is 41.0. The molecular weight excluding hydrogens is 873 g/mol. The number of likely N-dealkylation sites (tertiary alicyclic amines) is 1. The van der Waals surface area contributed by atoms with Gasteiger partial charge in [-0.25, -0.2) is 0 Å². The predicted octanol–water partition coefficient (Wildman–Crippen LogP) is 3.89. The van der Waals surface area contributed by atoms with Gasteiger partial charge in [0.25, 0.3) is 0 Å². The summed E-state index contributed by atoms with van der Waals surface area (Å²) in [6.45, 7) is 7.13. The number of rotatable bonds is 14. The second kappa shape index (κ2) is 22.0. The Bertz CT molecular complexity index is 2380. The Morgan fingerprint density at radius 1 is 0.667 bits per heavy atom. The number of amides is 6. The Hall–Kier alpha value is -5.64. The molecule has 7 atom stereocenters. The number of benzene rings is 3. The van der Waals surface area contributed by atoms with Gasteiger partial charge in [0.05, 0.1) is 25.2 Å². The summed E-state index contributed by atoms with van der Waals surface area (Å²) >= 11 is 0. The Morgan fingerprint density at radius 2 is 1.25 bits per heavy atom. The molecule has 15 heteroatoms. The molecule has 5 unspecified atom stereocenters.